The van der Waals surface area contributed by atoms with Crippen LogP contribution in [0.4, 0.5) is 0 Å². The van der Waals surface area contributed by atoms with Crippen LogP contribution >= 0.6 is 11.8 Å². The second-order valence-corrected chi connectivity index (χ2v) is 5.53. The first-order valence-corrected chi connectivity index (χ1v) is 6.69. The molecule has 16 heavy (non-hydrogen) atoms. The van der Waals surface area contributed by atoms with Gasteiger partial charge in [-0.3, -0.25) is 0 Å². The summed E-state index contributed by atoms with van der Waals surface area (Å²) in [6, 6.07) is 2.51. The van der Waals surface area contributed by atoms with Gasteiger partial charge in [0.15, 0.2) is 5.16 Å². The van der Waals surface area contributed by atoms with Gasteiger partial charge >= 0.3 is 0 Å². The minimum Gasteiger partial charge on any atom is -0.313 e. The molecule has 0 aliphatic carbocycles. The van der Waals surface area contributed by atoms with Gasteiger partial charge in [-0.15, -0.1) is 0 Å². The van der Waals surface area contributed by atoms with E-state index in [2.05, 4.69) is 36.1 Å². The topological polar surface area (TPSA) is 37.8 Å². The molecule has 0 aliphatic heterocycles. The van der Waals surface area contributed by atoms with Crippen LogP contribution in [-0.4, -0.2) is 27.8 Å². The highest BCUT2D eigenvalue weighted by atomic mass is 32.2. The van der Waals surface area contributed by atoms with Gasteiger partial charge in [-0.1, -0.05) is 25.6 Å². The molecule has 0 saturated heterocycles. The molecule has 1 heterocycles. The number of nitrogens with zero attached hydrogens (tertiary/aromatic N) is 2. The minimum absolute atomic E-state index is 0.496. The Morgan fingerprint density at radius 2 is 2.19 bits per heavy atom. The summed E-state index contributed by atoms with van der Waals surface area (Å²) < 4.78 is 0. The maximum absolute atomic E-state index is 4.38. The van der Waals surface area contributed by atoms with Crippen LogP contribution in [0, 0.1) is 6.92 Å². The van der Waals surface area contributed by atoms with E-state index in [-0.39, 0.29) is 0 Å². The molecule has 0 aromatic carbocycles. The van der Waals surface area contributed by atoms with E-state index in [1.165, 1.54) is 6.42 Å². The first-order valence-electron chi connectivity index (χ1n) is 5.81. The van der Waals surface area contributed by atoms with Crippen molar-refractivity contribution in [3.63, 3.8) is 0 Å². The Morgan fingerprint density at radius 1 is 1.44 bits per heavy atom. The third-order valence-electron chi connectivity index (χ3n) is 2.45. The molecule has 2 unspecified atom stereocenters. The molecule has 0 bridgehead atoms. The van der Waals surface area contributed by atoms with E-state index in [4.69, 9.17) is 0 Å². The third-order valence-corrected chi connectivity index (χ3v) is 3.42. The number of aryl methyl sites for hydroxylation is 1. The largest absolute Gasteiger partial charge is 0.313 e. The van der Waals surface area contributed by atoms with Gasteiger partial charge in [0.2, 0.25) is 0 Å². The number of hydrogen-bond donors (Lipinski definition) is 1. The predicted molar refractivity (Wildman–Crippen MR) is 69.8 cm³/mol. The molecular weight excluding hydrogens is 218 g/mol. The zero-order valence-electron chi connectivity index (χ0n) is 10.5. The average Bonchev–Trinajstić information content (AvgIpc) is 2.26. The van der Waals surface area contributed by atoms with E-state index < -0.39 is 0 Å². The fourth-order valence-corrected chi connectivity index (χ4v) is 2.07. The quantitative estimate of drug-likeness (QED) is 0.612. The lowest BCUT2D eigenvalue weighted by atomic mass is 10.2. The van der Waals surface area contributed by atoms with Crippen molar-refractivity contribution in [2.45, 2.75) is 50.6 Å². The van der Waals surface area contributed by atoms with Crippen molar-refractivity contribution >= 4 is 11.8 Å². The number of rotatable bonds is 6. The lowest BCUT2D eigenvalue weighted by molar-refractivity contribution is 0.536. The van der Waals surface area contributed by atoms with Gasteiger partial charge in [-0.2, -0.15) is 0 Å². The van der Waals surface area contributed by atoms with Crippen molar-refractivity contribution in [2.24, 2.45) is 0 Å². The maximum Gasteiger partial charge on any atom is 0.188 e. The van der Waals surface area contributed by atoms with Crippen molar-refractivity contribution in [1.29, 1.82) is 0 Å². The summed E-state index contributed by atoms with van der Waals surface area (Å²) in [5, 5.41) is 4.86. The van der Waals surface area contributed by atoms with Gasteiger partial charge in [0.1, 0.15) is 0 Å². The molecule has 1 rings (SSSR count). The predicted octanol–water partition coefficient (Wildman–Crippen LogP) is 2.65. The highest BCUT2D eigenvalue weighted by molar-refractivity contribution is 7.99. The fourth-order valence-electron chi connectivity index (χ4n) is 1.22. The highest BCUT2D eigenvalue weighted by Gasteiger charge is 2.07. The van der Waals surface area contributed by atoms with Crippen LogP contribution in [0.25, 0.3) is 0 Å². The van der Waals surface area contributed by atoms with Crippen molar-refractivity contribution in [1.82, 2.24) is 15.3 Å². The van der Waals surface area contributed by atoms with Crippen LogP contribution in [0.1, 0.15) is 32.9 Å². The molecule has 0 saturated carbocycles. The molecule has 0 fully saturated rings. The number of aromatic nitrogens is 2. The summed E-state index contributed by atoms with van der Waals surface area (Å²) in [7, 11) is 0. The molecule has 1 aromatic rings. The van der Waals surface area contributed by atoms with Gasteiger partial charge in [-0.05, 0) is 26.3 Å². The van der Waals surface area contributed by atoms with Gasteiger partial charge in [-0.25, -0.2) is 9.97 Å². The van der Waals surface area contributed by atoms with Crippen molar-refractivity contribution in [3.05, 3.63) is 18.0 Å². The maximum atomic E-state index is 4.38. The second-order valence-electron chi connectivity index (χ2n) is 4.13. The molecule has 0 spiro atoms. The van der Waals surface area contributed by atoms with E-state index >= 15 is 0 Å². The minimum atomic E-state index is 0.496. The van der Waals surface area contributed by atoms with Crippen molar-refractivity contribution in [2.75, 3.05) is 6.54 Å². The number of nitrogens with one attached hydrogen (secondary N) is 1. The van der Waals surface area contributed by atoms with E-state index in [0.29, 0.717) is 11.3 Å². The molecule has 0 radical (unpaired) electrons. The van der Waals surface area contributed by atoms with E-state index in [9.17, 15) is 0 Å². The Hall–Kier alpha value is -0.610. The van der Waals surface area contributed by atoms with Crippen LogP contribution in [-0.2, 0) is 0 Å². The Balaban J connectivity index is 2.36. The molecule has 0 amide bonds. The van der Waals surface area contributed by atoms with Crippen molar-refractivity contribution in [3.8, 4) is 0 Å². The van der Waals surface area contributed by atoms with E-state index in [0.717, 1.165) is 17.4 Å². The average molecular weight is 239 g/mol. The van der Waals surface area contributed by atoms with Gasteiger partial charge in [0.05, 0.1) is 0 Å². The van der Waals surface area contributed by atoms with Gasteiger partial charge in [0.25, 0.3) is 0 Å². The van der Waals surface area contributed by atoms with Crippen molar-refractivity contribution < 1.29 is 0 Å². The second kappa shape index (κ2) is 6.86. The highest BCUT2D eigenvalue weighted by Crippen LogP contribution is 2.18. The zero-order valence-corrected chi connectivity index (χ0v) is 11.3. The summed E-state index contributed by atoms with van der Waals surface area (Å²) in [5.41, 5.74) is 1.03. The third kappa shape index (κ3) is 4.94. The number of hydrogen-bond acceptors (Lipinski definition) is 4. The molecule has 4 heteroatoms. The smallest absolute Gasteiger partial charge is 0.188 e. The standard InChI is InChI=1S/C12H21N3S/c1-5-9(2)14-8-11(4)16-12-13-7-6-10(3)15-12/h6-7,9,11,14H,5,8H2,1-4H3. The van der Waals surface area contributed by atoms with E-state index in [1.54, 1.807) is 11.8 Å². The monoisotopic (exact) mass is 239 g/mol. The van der Waals surface area contributed by atoms with Crippen LogP contribution in [0.5, 0.6) is 0 Å². The molecule has 1 N–H and O–H groups in total. The normalized spacial score (nSPS) is 14.8. The molecule has 2 atom stereocenters. The Bertz CT molecular complexity index is 317. The molecule has 1 aromatic heterocycles. The SMILES string of the molecule is CCC(C)NCC(C)Sc1nccc(C)n1. The zero-order chi connectivity index (χ0) is 12.0. The summed E-state index contributed by atoms with van der Waals surface area (Å²) >= 11 is 1.73. The fraction of sp³-hybridized carbons (Fsp3) is 0.667. The Labute approximate surface area is 102 Å². The van der Waals surface area contributed by atoms with Crippen LogP contribution < -0.4 is 5.32 Å². The summed E-state index contributed by atoms with van der Waals surface area (Å²) in [6.45, 7) is 9.59. The van der Waals surface area contributed by atoms with Crippen LogP contribution in [0.15, 0.2) is 17.4 Å². The van der Waals surface area contributed by atoms with Gasteiger partial charge < -0.3 is 5.32 Å². The van der Waals surface area contributed by atoms with Gasteiger partial charge in [0, 0.05) is 29.7 Å². The number of thioether (sulfide) groups is 1. The van der Waals surface area contributed by atoms with E-state index in [1.807, 2.05) is 19.2 Å². The molecule has 0 aliphatic rings. The molecule has 3 nitrogen and oxygen atoms in total. The van der Waals surface area contributed by atoms with Crippen LogP contribution in [0.2, 0.25) is 0 Å². The first-order chi connectivity index (χ1) is 7.61. The Morgan fingerprint density at radius 3 is 2.81 bits per heavy atom. The summed E-state index contributed by atoms with van der Waals surface area (Å²) in [6.07, 6.45) is 2.98. The van der Waals surface area contributed by atoms with Crippen LogP contribution in [0.3, 0.4) is 0 Å². The Kier molecular flexibility index (Phi) is 5.77. The molecular formula is C12H21N3S. The lowest BCUT2D eigenvalue weighted by Gasteiger charge is -2.15. The summed E-state index contributed by atoms with van der Waals surface area (Å²) in [4.78, 5) is 8.64. The summed E-state index contributed by atoms with van der Waals surface area (Å²) in [5.74, 6) is 0. The first kappa shape index (κ1) is 13.5. The lowest BCUT2D eigenvalue weighted by Crippen LogP contribution is -2.30. The molecule has 90 valence electrons.